The van der Waals surface area contributed by atoms with Crippen LogP contribution in [0.25, 0.3) is 0 Å². The van der Waals surface area contributed by atoms with E-state index in [4.69, 9.17) is 0 Å². The molecule has 4 rings (SSSR count). The van der Waals surface area contributed by atoms with Gasteiger partial charge >= 0.3 is 0 Å². The Morgan fingerprint density at radius 2 is 2.00 bits per heavy atom. The number of carbonyl (C=O) groups is 2. The molecule has 0 spiro atoms. The predicted molar refractivity (Wildman–Crippen MR) is 97.9 cm³/mol. The van der Waals surface area contributed by atoms with Crippen molar-refractivity contribution < 1.29 is 18.0 Å². The van der Waals surface area contributed by atoms with Crippen LogP contribution < -0.4 is 4.90 Å². The molecule has 3 fully saturated rings. The van der Waals surface area contributed by atoms with Gasteiger partial charge in [-0.3, -0.25) is 9.59 Å². The topological polar surface area (TPSA) is 83.9 Å². The molecule has 132 valence electrons. The first-order valence-corrected chi connectivity index (χ1v) is 10.9. The highest BCUT2D eigenvalue weighted by Gasteiger charge is 2.49. The quantitative estimate of drug-likeness (QED) is 0.747. The predicted octanol–water partition coefficient (Wildman–Crippen LogP) is 1.90. The lowest BCUT2D eigenvalue weighted by molar-refractivity contribution is -0.118. The van der Waals surface area contributed by atoms with Crippen molar-refractivity contribution in [2.75, 3.05) is 16.4 Å². The summed E-state index contributed by atoms with van der Waals surface area (Å²) >= 11 is 1.37. The molecule has 1 aromatic carbocycles. The monoisotopic (exact) mass is 378 g/mol. The Morgan fingerprint density at radius 1 is 1.24 bits per heavy atom. The van der Waals surface area contributed by atoms with Crippen LogP contribution >= 0.6 is 11.8 Å². The highest BCUT2D eigenvalue weighted by atomic mass is 32.2. The number of ketones is 1. The summed E-state index contributed by atoms with van der Waals surface area (Å²) in [6.07, 6.45) is 1.75. The van der Waals surface area contributed by atoms with E-state index < -0.39 is 9.84 Å². The summed E-state index contributed by atoms with van der Waals surface area (Å²) in [4.78, 5) is 30.0. The third-order valence-corrected chi connectivity index (χ3v) is 7.94. The Labute approximate surface area is 150 Å². The molecular formula is C17H18N2O4S2. The van der Waals surface area contributed by atoms with Gasteiger partial charge in [0.1, 0.15) is 0 Å². The summed E-state index contributed by atoms with van der Waals surface area (Å²) in [5.41, 5.74) is 1.27. The molecule has 2 atom stereocenters. The Balaban J connectivity index is 1.74. The van der Waals surface area contributed by atoms with E-state index in [-0.39, 0.29) is 40.4 Å². The van der Waals surface area contributed by atoms with Gasteiger partial charge in [0.15, 0.2) is 20.8 Å². The number of amides is 1. The molecular weight excluding hydrogens is 360 g/mol. The molecule has 0 bridgehead atoms. The fraction of sp³-hybridized carbons (Fsp3) is 0.471. The van der Waals surface area contributed by atoms with Crippen molar-refractivity contribution in [2.24, 2.45) is 10.9 Å². The molecule has 1 saturated carbocycles. The summed E-state index contributed by atoms with van der Waals surface area (Å²) in [6.45, 7) is 1.49. The standard InChI is InChI=1S/C17H18N2O4S2/c1-10(20)12-3-2-4-13(7-12)19-14-8-25(22,23)9-15(14)24-17(19)18-16(21)11-5-6-11/h2-4,7,11,14-15H,5-6,8-9H2,1H3/t14-,15+/m1/s1. The number of amidine groups is 1. The number of Topliss-reactive ketones (excluding diaryl/α,β-unsaturated/α-hetero) is 1. The SMILES string of the molecule is CC(=O)c1cccc(N2C(=NC(=O)C3CC3)S[C@H]3CS(=O)(=O)C[C@H]32)c1. The molecule has 1 amide bonds. The number of carbonyl (C=O) groups excluding carboxylic acids is 2. The molecule has 0 radical (unpaired) electrons. The van der Waals surface area contributed by atoms with E-state index in [2.05, 4.69) is 4.99 Å². The van der Waals surface area contributed by atoms with Gasteiger partial charge in [-0.1, -0.05) is 23.9 Å². The maximum absolute atomic E-state index is 12.2. The zero-order valence-corrected chi connectivity index (χ0v) is 15.3. The second-order valence-electron chi connectivity index (χ2n) is 6.78. The Kier molecular flexibility index (Phi) is 3.99. The van der Waals surface area contributed by atoms with Gasteiger partial charge in [-0.25, -0.2) is 8.42 Å². The van der Waals surface area contributed by atoms with E-state index >= 15 is 0 Å². The summed E-state index contributed by atoms with van der Waals surface area (Å²) in [6, 6.07) is 6.82. The normalized spacial score (nSPS) is 29.0. The molecule has 2 aliphatic heterocycles. The Morgan fingerprint density at radius 3 is 2.68 bits per heavy atom. The molecule has 1 aliphatic carbocycles. The fourth-order valence-electron chi connectivity index (χ4n) is 3.26. The number of hydrogen-bond acceptors (Lipinski definition) is 5. The molecule has 0 aromatic heterocycles. The summed E-state index contributed by atoms with van der Waals surface area (Å²) < 4.78 is 24.1. The number of sulfone groups is 1. The Bertz CT molecular complexity index is 890. The summed E-state index contributed by atoms with van der Waals surface area (Å²) in [7, 11) is -3.10. The van der Waals surface area contributed by atoms with Gasteiger partial charge in [-0.2, -0.15) is 4.99 Å². The van der Waals surface area contributed by atoms with Crippen LogP contribution in [0.15, 0.2) is 29.3 Å². The van der Waals surface area contributed by atoms with Crippen LogP contribution in [-0.2, 0) is 14.6 Å². The molecule has 8 heteroatoms. The van der Waals surface area contributed by atoms with E-state index in [0.29, 0.717) is 16.4 Å². The van der Waals surface area contributed by atoms with Gasteiger partial charge in [0, 0.05) is 22.4 Å². The molecule has 0 unspecified atom stereocenters. The lowest BCUT2D eigenvalue weighted by atomic mass is 10.1. The molecule has 2 saturated heterocycles. The van der Waals surface area contributed by atoms with Gasteiger partial charge in [-0.15, -0.1) is 0 Å². The number of fused-ring (bicyclic) bond motifs is 1. The summed E-state index contributed by atoms with van der Waals surface area (Å²) in [5, 5.41) is 0.430. The maximum atomic E-state index is 12.2. The van der Waals surface area contributed by atoms with Crippen LogP contribution in [0.3, 0.4) is 0 Å². The second-order valence-corrected chi connectivity index (χ2v) is 10.1. The number of nitrogens with zero attached hydrogens (tertiary/aromatic N) is 2. The van der Waals surface area contributed by atoms with Crippen molar-refractivity contribution in [1.29, 1.82) is 0 Å². The smallest absolute Gasteiger partial charge is 0.251 e. The lowest BCUT2D eigenvalue weighted by Gasteiger charge is -2.24. The van der Waals surface area contributed by atoms with Crippen molar-refractivity contribution >= 4 is 44.1 Å². The molecule has 6 nitrogen and oxygen atoms in total. The third kappa shape index (κ3) is 3.25. The van der Waals surface area contributed by atoms with Gasteiger partial charge in [-0.05, 0) is 31.9 Å². The number of anilines is 1. The number of aliphatic imine (C=N–C) groups is 1. The maximum Gasteiger partial charge on any atom is 0.251 e. The number of thioether (sulfide) groups is 1. The van der Waals surface area contributed by atoms with Crippen molar-refractivity contribution in [3.63, 3.8) is 0 Å². The van der Waals surface area contributed by atoms with Crippen LogP contribution in [0.5, 0.6) is 0 Å². The van der Waals surface area contributed by atoms with Crippen LogP contribution in [0.4, 0.5) is 5.69 Å². The first kappa shape index (κ1) is 16.8. The van der Waals surface area contributed by atoms with Crippen molar-refractivity contribution in [1.82, 2.24) is 0 Å². The van der Waals surface area contributed by atoms with Gasteiger partial charge < -0.3 is 4.90 Å². The number of rotatable bonds is 3. The van der Waals surface area contributed by atoms with E-state index in [1.165, 1.54) is 18.7 Å². The molecule has 3 aliphatic rings. The average Bonchev–Trinajstić information content (AvgIpc) is 3.28. The highest BCUT2D eigenvalue weighted by molar-refractivity contribution is 8.16. The first-order valence-electron chi connectivity index (χ1n) is 8.24. The zero-order valence-electron chi connectivity index (χ0n) is 13.7. The van der Waals surface area contributed by atoms with E-state index in [1.807, 2.05) is 11.0 Å². The average molecular weight is 378 g/mol. The van der Waals surface area contributed by atoms with Crippen molar-refractivity contribution in [2.45, 2.75) is 31.1 Å². The zero-order chi connectivity index (χ0) is 17.8. The first-order chi connectivity index (χ1) is 11.8. The van der Waals surface area contributed by atoms with E-state index in [0.717, 1.165) is 12.8 Å². The van der Waals surface area contributed by atoms with E-state index in [9.17, 15) is 18.0 Å². The van der Waals surface area contributed by atoms with Gasteiger partial charge in [0.05, 0.1) is 17.5 Å². The molecule has 0 N–H and O–H groups in total. The molecule has 2 heterocycles. The van der Waals surface area contributed by atoms with Crippen LogP contribution in [-0.4, -0.2) is 48.1 Å². The van der Waals surface area contributed by atoms with E-state index in [1.54, 1.807) is 18.2 Å². The fourth-order valence-corrected chi connectivity index (χ4v) is 7.18. The van der Waals surface area contributed by atoms with Crippen LogP contribution in [0, 0.1) is 5.92 Å². The molecule has 1 aromatic rings. The second kappa shape index (κ2) is 5.95. The minimum absolute atomic E-state index is 0.0164. The highest BCUT2D eigenvalue weighted by Crippen LogP contribution is 2.42. The minimum Gasteiger partial charge on any atom is -0.316 e. The van der Waals surface area contributed by atoms with Crippen molar-refractivity contribution in [3.8, 4) is 0 Å². The summed E-state index contributed by atoms with van der Waals surface area (Å²) in [5.74, 6) is -0.0226. The lowest BCUT2D eigenvalue weighted by Crippen LogP contribution is -2.37. The van der Waals surface area contributed by atoms with Gasteiger partial charge in [0.2, 0.25) is 0 Å². The molecule has 25 heavy (non-hydrogen) atoms. The van der Waals surface area contributed by atoms with Crippen LogP contribution in [0.2, 0.25) is 0 Å². The van der Waals surface area contributed by atoms with Crippen molar-refractivity contribution in [3.05, 3.63) is 29.8 Å². The minimum atomic E-state index is -3.10. The Hall–Kier alpha value is -1.67. The number of benzene rings is 1. The largest absolute Gasteiger partial charge is 0.316 e. The van der Waals surface area contributed by atoms with Gasteiger partial charge in [0.25, 0.3) is 5.91 Å². The third-order valence-electron chi connectivity index (χ3n) is 4.73. The van der Waals surface area contributed by atoms with Crippen LogP contribution in [0.1, 0.15) is 30.1 Å². The number of hydrogen-bond donors (Lipinski definition) is 0.